The topological polar surface area (TPSA) is 23.5 Å². The fourth-order valence-corrected chi connectivity index (χ4v) is 3.13. The lowest BCUT2D eigenvalue weighted by atomic mass is 9.93. The Morgan fingerprint density at radius 1 is 1.05 bits per heavy atom. The van der Waals surface area contributed by atoms with Crippen molar-refractivity contribution < 1.29 is 18.3 Å². The average molecular weight is 299 g/mol. The fourth-order valence-electron chi connectivity index (χ4n) is 3.13. The first-order valence-electron chi connectivity index (χ1n) is 7.46. The molecule has 1 unspecified atom stereocenters. The van der Waals surface area contributed by atoms with E-state index in [1.54, 1.807) is 0 Å². The summed E-state index contributed by atoms with van der Waals surface area (Å²) in [6.07, 6.45) is -0.000501. The Morgan fingerprint density at radius 3 is 2.10 bits per heavy atom. The molecule has 0 bridgehead atoms. The van der Waals surface area contributed by atoms with Crippen molar-refractivity contribution in [1.82, 2.24) is 4.90 Å². The highest BCUT2D eigenvalue weighted by Gasteiger charge is 2.44. The molecule has 21 heavy (non-hydrogen) atoms. The molecule has 1 N–H and O–H groups in total. The van der Waals surface area contributed by atoms with E-state index in [0.29, 0.717) is 17.5 Å². The van der Waals surface area contributed by atoms with Gasteiger partial charge in [-0.2, -0.15) is 13.2 Å². The number of benzene rings is 1. The predicted molar refractivity (Wildman–Crippen MR) is 73.7 cm³/mol. The summed E-state index contributed by atoms with van der Waals surface area (Å²) >= 11 is 0. The van der Waals surface area contributed by atoms with Crippen LogP contribution in [0.3, 0.4) is 0 Å². The van der Waals surface area contributed by atoms with Gasteiger partial charge in [0, 0.05) is 6.54 Å². The van der Waals surface area contributed by atoms with Crippen LogP contribution < -0.4 is 0 Å². The summed E-state index contributed by atoms with van der Waals surface area (Å²) in [6, 6.07) is 4.82. The van der Waals surface area contributed by atoms with Crippen LogP contribution in [-0.2, 0) is 6.18 Å². The molecule has 1 spiro atoms. The smallest absolute Gasteiger partial charge is 0.387 e. The van der Waals surface area contributed by atoms with Crippen molar-refractivity contribution in [2.75, 3.05) is 19.6 Å². The minimum atomic E-state index is -4.32. The Balaban J connectivity index is 1.56. The number of β-amino-alcohol motifs (C(OH)–C–C–N with tert-alkyl or cyclic N) is 1. The highest BCUT2D eigenvalue weighted by Crippen LogP contribution is 2.53. The number of likely N-dealkylation sites (tertiary alicyclic amines) is 1. The second-order valence-electron chi connectivity index (χ2n) is 6.44. The van der Waals surface area contributed by atoms with Gasteiger partial charge in [0.2, 0.25) is 0 Å². The normalized spacial score (nSPS) is 23.2. The molecular weight excluding hydrogens is 279 g/mol. The van der Waals surface area contributed by atoms with Crippen molar-refractivity contribution in [1.29, 1.82) is 0 Å². The zero-order chi connectivity index (χ0) is 15.1. The number of hydrogen-bond acceptors (Lipinski definition) is 2. The number of hydrogen-bond donors (Lipinski definition) is 1. The van der Waals surface area contributed by atoms with Crippen LogP contribution in [0.1, 0.15) is 42.9 Å². The van der Waals surface area contributed by atoms with Gasteiger partial charge in [-0.3, -0.25) is 0 Å². The molecular formula is C16H20F3NO. The Kier molecular flexibility index (Phi) is 3.74. The maximum atomic E-state index is 12.5. The van der Waals surface area contributed by atoms with E-state index in [2.05, 4.69) is 4.90 Å². The Bertz CT molecular complexity index is 483. The summed E-state index contributed by atoms with van der Waals surface area (Å²) in [6.45, 7) is 2.47. The van der Waals surface area contributed by atoms with Crippen LogP contribution in [0.25, 0.3) is 0 Å². The van der Waals surface area contributed by atoms with Crippen molar-refractivity contribution in [3.05, 3.63) is 35.4 Å². The standard InChI is InChI=1S/C16H20F3NO/c17-16(18,19)13-3-1-12(2-4-13)14(21)11-20-9-7-15(5-6-15)8-10-20/h1-4,14,21H,5-11H2. The molecule has 0 radical (unpaired) electrons. The maximum absolute atomic E-state index is 12.5. The lowest BCUT2D eigenvalue weighted by Crippen LogP contribution is -2.37. The summed E-state index contributed by atoms with van der Waals surface area (Å²) in [5, 5.41) is 10.2. The zero-order valence-electron chi connectivity index (χ0n) is 11.9. The highest BCUT2D eigenvalue weighted by atomic mass is 19.4. The van der Waals surface area contributed by atoms with Crippen LogP contribution in [0.15, 0.2) is 24.3 Å². The van der Waals surface area contributed by atoms with E-state index in [1.807, 2.05) is 0 Å². The number of rotatable bonds is 3. The molecule has 1 saturated heterocycles. The van der Waals surface area contributed by atoms with Gasteiger partial charge in [-0.25, -0.2) is 0 Å². The first-order valence-corrected chi connectivity index (χ1v) is 7.46. The monoisotopic (exact) mass is 299 g/mol. The molecule has 2 aliphatic rings. The average Bonchev–Trinajstić information content (AvgIpc) is 3.20. The molecule has 2 nitrogen and oxygen atoms in total. The number of aliphatic hydroxyl groups is 1. The second kappa shape index (κ2) is 5.29. The third kappa shape index (κ3) is 3.40. The number of aliphatic hydroxyl groups excluding tert-OH is 1. The Morgan fingerprint density at radius 2 is 1.62 bits per heavy atom. The Hall–Kier alpha value is -1.07. The van der Waals surface area contributed by atoms with Gasteiger partial charge >= 0.3 is 6.18 Å². The first kappa shape index (κ1) is 14.9. The molecule has 1 aromatic rings. The van der Waals surface area contributed by atoms with Gasteiger partial charge in [0.1, 0.15) is 0 Å². The van der Waals surface area contributed by atoms with Crippen molar-refractivity contribution in [2.45, 2.75) is 38.0 Å². The van der Waals surface area contributed by atoms with Gasteiger partial charge in [-0.05, 0) is 61.9 Å². The van der Waals surface area contributed by atoms with Crippen LogP contribution in [0.2, 0.25) is 0 Å². The Labute approximate surface area is 122 Å². The fraction of sp³-hybridized carbons (Fsp3) is 0.625. The molecule has 1 heterocycles. The van der Waals surface area contributed by atoms with E-state index in [4.69, 9.17) is 0 Å². The highest BCUT2D eigenvalue weighted by molar-refractivity contribution is 5.26. The molecule has 1 saturated carbocycles. The van der Waals surface area contributed by atoms with Crippen LogP contribution in [0.4, 0.5) is 13.2 Å². The summed E-state index contributed by atoms with van der Waals surface area (Å²) in [7, 11) is 0. The van der Waals surface area contributed by atoms with E-state index in [9.17, 15) is 18.3 Å². The van der Waals surface area contributed by atoms with Crippen LogP contribution in [-0.4, -0.2) is 29.6 Å². The molecule has 1 aromatic carbocycles. The zero-order valence-corrected chi connectivity index (χ0v) is 11.9. The summed E-state index contributed by atoms with van der Waals surface area (Å²) in [5.74, 6) is 0. The van der Waals surface area contributed by atoms with Crippen LogP contribution in [0.5, 0.6) is 0 Å². The number of alkyl halides is 3. The molecule has 116 valence electrons. The minimum absolute atomic E-state index is 0.501. The van der Waals surface area contributed by atoms with E-state index >= 15 is 0 Å². The first-order chi connectivity index (χ1) is 9.88. The van der Waals surface area contributed by atoms with E-state index in [0.717, 1.165) is 25.2 Å². The van der Waals surface area contributed by atoms with Crippen molar-refractivity contribution in [3.8, 4) is 0 Å². The van der Waals surface area contributed by atoms with Crippen molar-refractivity contribution >= 4 is 0 Å². The lowest BCUT2D eigenvalue weighted by Gasteiger charge is -2.33. The molecule has 1 aliphatic carbocycles. The molecule has 1 aliphatic heterocycles. The minimum Gasteiger partial charge on any atom is -0.387 e. The lowest BCUT2D eigenvalue weighted by molar-refractivity contribution is -0.137. The van der Waals surface area contributed by atoms with Crippen molar-refractivity contribution in [2.24, 2.45) is 5.41 Å². The molecule has 5 heteroatoms. The third-order valence-corrected chi connectivity index (χ3v) is 4.93. The van der Waals surface area contributed by atoms with Crippen LogP contribution >= 0.6 is 0 Å². The molecule has 3 rings (SSSR count). The molecule has 0 amide bonds. The summed E-state index contributed by atoms with van der Waals surface area (Å²) in [4.78, 5) is 2.21. The predicted octanol–water partition coefficient (Wildman–Crippen LogP) is 3.61. The van der Waals surface area contributed by atoms with Crippen LogP contribution in [0, 0.1) is 5.41 Å². The summed E-state index contributed by atoms with van der Waals surface area (Å²) < 4.78 is 37.5. The second-order valence-corrected chi connectivity index (χ2v) is 6.44. The van der Waals surface area contributed by atoms with Gasteiger partial charge in [0.05, 0.1) is 11.7 Å². The van der Waals surface area contributed by atoms with E-state index in [-0.39, 0.29) is 0 Å². The quantitative estimate of drug-likeness (QED) is 0.921. The van der Waals surface area contributed by atoms with E-state index < -0.39 is 17.8 Å². The molecule has 2 fully saturated rings. The largest absolute Gasteiger partial charge is 0.416 e. The van der Waals surface area contributed by atoms with Gasteiger partial charge < -0.3 is 10.0 Å². The van der Waals surface area contributed by atoms with Gasteiger partial charge in [-0.1, -0.05) is 12.1 Å². The van der Waals surface area contributed by atoms with Crippen molar-refractivity contribution in [3.63, 3.8) is 0 Å². The number of halogens is 3. The van der Waals surface area contributed by atoms with Gasteiger partial charge in [-0.15, -0.1) is 0 Å². The number of nitrogens with zero attached hydrogens (tertiary/aromatic N) is 1. The number of piperidine rings is 1. The van der Waals surface area contributed by atoms with Gasteiger partial charge in [0.15, 0.2) is 0 Å². The summed E-state index contributed by atoms with van der Waals surface area (Å²) in [5.41, 5.74) is 0.470. The maximum Gasteiger partial charge on any atom is 0.416 e. The SMILES string of the molecule is OC(CN1CCC2(CC1)CC2)c1ccc(C(F)(F)F)cc1. The molecule has 0 aromatic heterocycles. The van der Waals surface area contributed by atoms with E-state index in [1.165, 1.54) is 37.8 Å². The molecule has 1 atom stereocenters. The van der Waals surface area contributed by atoms with Gasteiger partial charge in [0.25, 0.3) is 0 Å². The third-order valence-electron chi connectivity index (χ3n) is 4.93.